The highest BCUT2D eigenvalue weighted by Gasteiger charge is 2.11. The van der Waals surface area contributed by atoms with Crippen molar-refractivity contribution in [2.75, 3.05) is 7.11 Å². The van der Waals surface area contributed by atoms with Gasteiger partial charge in [-0.25, -0.2) is 9.59 Å². The molecular weight excluding hydrogens is 264 g/mol. The first kappa shape index (κ1) is 13.6. The zero-order valence-electron chi connectivity index (χ0n) is 10.6. The first-order chi connectivity index (χ1) is 9.51. The summed E-state index contributed by atoms with van der Waals surface area (Å²) in [5, 5.41) is 8.87. The standard InChI is InChI=1S/C13H12N2O5/c1-20-9-4-2-3-8(5-9)6-15-7-10(12(17)18)11(16)14-13(15)19/h2-5,7H,6H2,1H3,(H,17,18)(H,14,16,19). The number of hydrogen-bond acceptors (Lipinski definition) is 4. The summed E-state index contributed by atoms with van der Waals surface area (Å²) in [5.41, 5.74) is -1.31. The molecule has 0 aliphatic rings. The zero-order chi connectivity index (χ0) is 14.7. The summed E-state index contributed by atoms with van der Waals surface area (Å²) < 4.78 is 6.19. The van der Waals surface area contributed by atoms with Crippen LogP contribution in [0.15, 0.2) is 40.1 Å². The van der Waals surface area contributed by atoms with Gasteiger partial charge in [-0.15, -0.1) is 0 Å². The number of nitrogens with one attached hydrogen (secondary N) is 1. The zero-order valence-corrected chi connectivity index (χ0v) is 10.6. The Hall–Kier alpha value is -2.83. The fourth-order valence-corrected chi connectivity index (χ4v) is 1.75. The highest BCUT2D eigenvalue weighted by molar-refractivity contribution is 5.86. The van der Waals surface area contributed by atoms with Crippen molar-refractivity contribution in [3.05, 3.63) is 62.4 Å². The molecule has 7 nitrogen and oxygen atoms in total. The fourth-order valence-electron chi connectivity index (χ4n) is 1.75. The van der Waals surface area contributed by atoms with E-state index in [4.69, 9.17) is 9.84 Å². The summed E-state index contributed by atoms with van der Waals surface area (Å²) >= 11 is 0. The number of aromatic amines is 1. The number of carboxylic acid groups (broad SMARTS) is 1. The van der Waals surface area contributed by atoms with Crippen molar-refractivity contribution in [2.24, 2.45) is 0 Å². The molecule has 0 atom stereocenters. The van der Waals surface area contributed by atoms with Gasteiger partial charge in [0.25, 0.3) is 5.56 Å². The summed E-state index contributed by atoms with van der Waals surface area (Å²) in [6, 6.07) is 6.99. The van der Waals surface area contributed by atoms with Crippen LogP contribution in [-0.2, 0) is 6.54 Å². The third kappa shape index (κ3) is 2.77. The molecule has 0 amide bonds. The normalized spacial score (nSPS) is 10.2. The Morgan fingerprint density at radius 3 is 2.80 bits per heavy atom. The maximum Gasteiger partial charge on any atom is 0.342 e. The average Bonchev–Trinajstić information content (AvgIpc) is 2.41. The second-order valence-electron chi connectivity index (χ2n) is 4.09. The number of carbonyl (C=O) groups is 1. The minimum absolute atomic E-state index is 0.132. The SMILES string of the molecule is COc1cccc(Cn2cc(C(=O)O)c(=O)[nH]c2=O)c1. The Balaban J connectivity index is 2.43. The summed E-state index contributed by atoms with van der Waals surface area (Å²) in [5.74, 6) is -0.760. The molecule has 0 fully saturated rings. The van der Waals surface area contributed by atoms with Gasteiger partial charge in [0.15, 0.2) is 0 Å². The van der Waals surface area contributed by atoms with Gasteiger partial charge in [0, 0.05) is 6.20 Å². The summed E-state index contributed by atoms with van der Waals surface area (Å²) in [7, 11) is 1.52. The van der Waals surface area contributed by atoms with Crippen molar-refractivity contribution in [1.29, 1.82) is 0 Å². The van der Waals surface area contributed by atoms with E-state index in [2.05, 4.69) is 0 Å². The van der Waals surface area contributed by atoms with Crippen molar-refractivity contribution in [3.63, 3.8) is 0 Å². The molecule has 1 aromatic heterocycles. The lowest BCUT2D eigenvalue weighted by molar-refractivity contribution is 0.0693. The third-order valence-electron chi connectivity index (χ3n) is 2.73. The summed E-state index contributed by atoms with van der Waals surface area (Å²) in [4.78, 5) is 35.8. The molecule has 7 heteroatoms. The second-order valence-corrected chi connectivity index (χ2v) is 4.09. The number of ether oxygens (including phenoxy) is 1. The van der Waals surface area contributed by atoms with E-state index in [1.54, 1.807) is 24.3 Å². The molecule has 0 unspecified atom stereocenters. The van der Waals surface area contributed by atoms with Crippen LogP contribution in [0.2, 0.25) is 0 Å². The van der Waals surface area contributed by atoms with Crippen LogP contribution in [0.25, 0.3) is 0 Å². The Morgan fingerprint density at radius 1 is 1.40 bits per heavy atom. The van der Waals surface area contributed by atoms with Crippen LogP contribution in [0.1, 0.15) is 15.9 Å². The van der Waals surface area contributed by atoms with Gasteiger partial charge in [-0.3, -0.25) is 14.3 Å². The van der Waals surface area contributed by atoms with Gasteiger partial charge in [-0.05, 0) is 17.7 Å². The van der Waals surface area contributed by atoms with Gasteiger partial charge in [-0.2, -0.15) is 0 Å². The third-order valence-corrected chi connectivity index (χ3v) is 2.73. The Morgan fingerprint density at radius 2 is 2.15 bits per heavy atom. The lowest BCUT2D eigenvalue weighted by atomic mass is 10.2. The van der Waals surface area contributed by atoms with Gasteiger partial charge in [0.05, 0.1) is 13.7 Å². The molecule has 2 rings (SSSR count). The maximum absolute atomic E-state index is 11.7. The first-order valence-corrected chi connectivity index (χ1v) is 5.71. The van der Waals surface area contributed by atoms with E-state index in [1.807, 2.05) is 4.98 Å². The van der Waals surface area contributed by atoms with Crippen molar-refractivity contribution < 1.29 is 14.6 Å². The predicted octanol–water partition coefficient (Wildman–Crippen LogP) is 0.292. The molecule has 0 saturated carbocycles. The number of nitrogens with zero attached hydrogens (tertiary/aromatic N) is 1. The fraction of sp³-hybridized carbons (Fsp3) is 0.154. The van der Waals surface area contributed by atoms with Crippen LogP contribution < -0.4 is 16.0 Å². The van der Waals surface area contributed by atoms with Crippen LogP contribution in [0.4, 0.5) is 0 Å². The minimum atomic E-state index is -1.38. The topological polar surface area (TPSA) is 101 Å². The van der Waals surface area contributed by atoms with Gasteiger partial charge in [0.1, 0.15) is 11.3 Å². The molecule has 1 heterocycles. The molecule has 2 aromatic rings. The number of benzene rings is 1. The van der Waals surface area contributed by atoms with Gasteiger partial charge in [-0.1, -0.05) is 12.1 Å². The van der Waals surface area contributed by atoms with Gasteiger partial charge in [0.2, 0.25) is 0 Å². The molecule has 0 bridgehead atoms. The first-order valence-electron chi connectivity index (χ1n) is 5.71. The highest BCUT2D eigenvalue weighted by atomic mass is 16.5. The van der Waals surface area contributed by atoms with Crippen molar-refractivity contribution in [1.82, 2.24) is 9.55 Å². The smallest absolute Gasteiger partial charge is 0.342 e. The Labute approximate surface area is 113 Å². The number of aromatic nitrogens is 2. The largest absolute Gasteiger partial charge is 0.497 e. The summed E-state index contributed by atoms with van der Waals surface area (Å²) in [6.07, 6.45) is 1.03. The monoisotopic (exact) mass is 276 g/mol. The lowest BCUT2D eigenvalue weighted by Gasteiger charge is -2.07. The molecule has 0 radical (unpaired) electrons. The molecule has 104 valence electrons. The molecule has 0 spiro atoms. The van der Waals surface area contributed by atoms with Crippen molar-refractivity contribution in [2.45, 2.75) is 6.54 Å². The van der Waals surface area contributed by atoms with Crippen molar-refractivity contribution in [3.8, 4) is 5.75 Å². The number of H-pyrrole nitrogens is 1. The number of aromatic carboxylic acids is 1. The van der Waals surface area contributed by atoms with E-state index >= 15 is 0 Å². The number of methoxy groups -OCH3 is 1. The van der Waals surface area contributed by atoms with Crippen LogP contribution in [0.5, 0.6) is 5.75 Å². The van der Waals surface area contributed by atoms with Gasteiger partial charge >= 0.3 is 11.7 Å². The lowest BCUT2D eigenvalue weighted by Crippen LogP contribution is -2.33. The van der Waals surface area contributed by atoms with Crippen LogP contribution >= 0.6 is 0 Å². The molecule has 20 heavy (non-hydrogen) atoms. The number of rotatable bonds is 4. The minimum Gasteiger partial charge on any atom is -0.497 e. The van der Waals surface area contributed by atoms with Crippen LogP contribution in [-0.4, -0.2) is 27.7 Å². The van der Waals surface area contributed by atoms with E-state index in [0.717, 1.165) is 16.3 Å². The molecular formula is C13H12N2O5. The Kier molecular flexibility index (Phi) is 3.69. The average molecular weight is 276 g/mol. The Bertz CT molecular complexity index is 760. The van der Waals surface area contributed by atoms with E-state index in [1.165, 1.54) is 7.11 Å². The maximum atomic E-state index is 11.7. The van der Waals surface area contributed by atoms with E-state index in [-0.39, 0.29) is 6.54 Å². The predicted molar refractivity (Wildman–Crippen MR) is 70.4 cm³/mol. The number of carboxylic acids is 1. The molecule has 2 N–H and O–H groups in total. The molecule has 0 aliphatic heterocycles. The molecule has 1 aromatic carbocycles. The molecule has 0 saturated heterocycles. The quantitative estimate of drug-likeness (QED) is 0.835. The van der Waals surface area contributed by atoms with E-state index in [0.29, 0.717) is 5.75 Å². The van der Waals surface area contributed by atoms with E-state index < -0.39 is 22.8 Å². The van der Waals surface area contributed by atoms with Crippen molar-refractivity contribution >= 4 is 5.97 Å². The summed E-state index contributed by atoms with van der Waals surface area (Å²) in [6.45, 7) is 0.132. The second kappa shape index (κ2) is 5.43. The molecule has 0 aliphatic carbocycles. The number of hydrogen-bond donors (Lipinski definition) is 2. The van der Waals surface area contributed by atoms with Crippen LogP contribution in [0, 0.1) is 0 Å². The highest BCUT2D eigenvalue weighted by Crippen LogP contribution is 2.12. The van der Waals surface area contributed by atoms with Gasteiger partial charge < -0.3 is 9.84 Å². The van der Waals surface area contributed by atoms with E-state index in [9.17, 15) is 14.4 Å². The van der Waals surface area contributed by atoms with Crippen LogP contribution in [0.3, 0.4) is 0 Å².